The van der Waals surface area contributed by atoms with Crippen molar-refractivity contribution in [1.29, 1.82) is 10.5 Å². The highest BCUT2D eigenvalue weighted by atomic mass is 15.2. The van der Waals surface area contributed by atoms with Crippen LogP contribution in [0.25, 0.3) is 0 Å². The second-order valence-corrected chi connectivity index (χ2v) is 6.21. The highest BCUT2D eigenvalue weighted by molar-refractivity contribution is 5.98. The van der Waals surface area contributed by atoms with Crippen LogP contribution in [0.15, 0.2) is 17.1 Å². The number of aromatic nitrogens is 1. The van der Waals surface area contributed by atoms with Crippen molar-refractivity contribution in [3.05, 3.63) is 45.5 Å². The summed E-state index contributed by atoms with van der Waals surface area (Å²) in [5.41, 5.74) is 17.2. The van der Waals surface area contributed by atoms with E-state index in [-0.39, 0.29) is 23.0 Å². The number of hydrogen-bond acceptors (Lipinski definition) is 8. The van der Waals surface area contributed by atoms with Gasteiger partial charge in [0.05, 0.1) is 5.69 Å². The third-order valence-corrected chi connectivity index (χ3v) is 4.37. The number of aryl methyl sites for hydroxylation is 3. The summed E-state index contributed by atoms with van der Waals surface area (Å²) in [6.45, 7) is 6.02. The van der Waals surface area contributed by atoms with E-state index in [1.165, 1.54) is 0 Å². The van der Waals surface area contributed by atoms with Crippen LogP contribution in [0.5, 0.6) is 0 Å². The Kier molecular flexibility index (Phi) is 4.11. The molecule has 0 saturated carbocycles. The normalized spacial score (nSPS) is 15.1. The molecule has 130 valence electrons. The van der Waals surface area contributed by atoms with E-state index in [4.69, 9.17) is 16.7 Å². The van der Waals surface area contributed by atoms with Crippen LogP contribution in [0.2, 0.25) is 0 Å². The summed E-state index contributed by atoms with van der Waals surface area (Å²) < 4.78 is 0. The van der Waals surface area contributed by atoms with Crippen molar-refractivity contribution in [3.63, 3.8) is 0 Å². The number of benzene rings is 1. The molecule has 3 rings (SSSR count). The van der Waals surface area contributed by atoms with E-state index < -0.39 is 6.04 Å². The predicted molar refractivity (Wildman–Crippen MR) is 100 cm³/mol. The Morgan fingerprint density at radius 1 is 1.12 bits per heavy atom. The van der Waals surface area contributed by atoms with Gasteiger partial charge in [-0.05, 0) is 37.5 Å². The van der Waals surface area contributed by atoms with Crippen LogP contribution >= 0.6 is 0 Å². The maximum atomic E-state index is 9.38. The molecule has 1 aromatic heterocycles. The SMILES string of the molecule is Cc1cc(C)c(C2N=C(NC#N)Nc3nc(N)c(C#N)c(N)c32)c(C)c1. The van der Waals surface area contributed by atoms with Crippen molar-refractivity contribution in [2.45, 2.75) is 26.8 Å². The van der Waals surface area contributed by atoms with Crippen molar-refractivity contribution in [2.24, 2.45) is 4.99 Å². The number of pyridine rings is 1. The van der Waals surface area contributed by atoms with Crippen molar-refractivity contribution in [2.75, 3.05) is 16.8 Å². The molecule has 0 saturated heterocycles. The molecule has 6 N–H and O–H groups in total. The lowest BCUT2D eigenvalue weighted by molar-refractivity contribution is 0.829. The van der Waals surface area contributed by atoms with Crippen LogP contribution in [-0.4, -0.2) is 10.9 Å². The van der Waals surface area contributed by atoms with E-state index >= 15 is 0 Å². The van der Waals surface area contributed by atoms with E-state index in [1.807, 2.05) is 33.0 Å². The second kappa shape index (κ2) is 6.26. The van der Waals surface area contributed by atoms with Gasteiger partial charge in [-0.1, -0.05) is 17.7 Å². The van der Waals surface area contributed by atoms with Gasteiger partial charge in [0.15, 0.2) is 6.19 Å². The molecule has 1 aliphatic rings. The van der Waals surface area contributed by atoms with E-state index in [2.05, 4.69) is 32.7 Å². The first-order valence-electron chi connectivity index (χ1n) is 7.94. The van der Waals surface area contributed by atoms with Gasteiger partial charge in [0.1, 0.15) is 29.3 Å². The van der Waals surface area contributed by atoms with Crippen LogP contribution in [0.4, 0.5) is 17.3 Å². The molecule has 0 radical (unpaired) electrons. The fourth-order valence-electron chi connectivity index (χ4n) is 3.41. The number of fused-ring (bicyclic) bond motifs is 1. The third-order valence-electron chi connectivity index (χ3n) is 4.37. The monoisotopic (exact) mass is 346 g/mol. The Balaban J connectivity index is 2.33. The Labute approximate surface area is 151 Å². The van der Waals surface area contributed by atoms with Gasteiger partial charge in [-0.3, -0.25) is 5.32 Å². The zero-order chi connectivity index (χ0) is 19.0. The number of nitrogens with two attached hydrogens (primary N) is 2. The van der Waals surface area contributed by atoms with Crippen LogP contribution in [0.3, 0.4) is 0 Å². The molecule has 1 atom stereocenters. The van der Waals surface area contributed by atoms with Crippen LogP contribution < -0.4 is 22.1 Å². The van der Waals surface area contributed by atoms with Crippen molar-refractivity contribution in [3.8, 4) is 12.3 Å². The van der Waals surface area contributed by atoms with Gasteiger partial charge in [0, 0.05) is 5.56 Å². The van der Waals surface area contributed by atoms with Crippen LogP contribution in [-0.2, 0) is 0 Å². The highest BCUT2D eigenvalue weighted by Crippen LogP contribution is 2.42. The van der Waals surface area contributed by atoms with E-state index in [1.54, 1.807) is 0 Å². The zero-order valence-electron chi connectivity index (χ0n) is 14.7. The second-order valence-electron chi connectivity index (χ2n) is 6.21. The van der Waals surface area contributed by atoms with Gasteiger partial charge in [0.2, 0.25) is 5.96 Å². The number of nitrogens with zero attached hydrogens (tertiary/aromatic N) is 4. The van der Waals surface area contributed by atoms with Crippen molar-refractivity contribution in [1.82, 2.24) is 10.3 Å². The molecular weight excluding hydrogens is 328 g/mol. The first-order chi connectivity index (χ1) is 12.4. The lowest BCUT2D eigenvalue weighted by atomic mass is 9.88. The average Bonchev–Trinajstić information content (AvgIpc) is 2.54. The first-order valence-corrected chi connectivity index (χ1v) is 7.94. The minimum absolute atomic E-state index is 0.0329. The number of rotatable bonds is 1. The molecule has 0 amide bonds. The lowest BCUT2D eigenvalue weighted by Gasteiger charge is -2.28. The largest absolute Gasteiger partial charge is 0.397 e. The average molecular weight is 346 g/mol. The first kappa shape index (κ1) is 17.1. The summed E-state index contributed by atoms with van der Waals surface area (Å²) in [6.07, 6.45) is 1.84. The maximum Gasteiger partial charge on any atom is 0.211 e. The number of nitrogen functional groups attached to an aromatic ring is 2. The summed E-state index contributed by atoms with van der Waals surface area (Å²) in [5.74, 6) is 0.669. The molecule has 26 heavy (non-hydrogen) atoms. The standard InChI is InChI=1S/C18H18N8/c1-8-4-9(2)12(10(3)5-8)15-13-14(21)11(6-19)16(22)25-17(13)26-18(24-15)23-7-20/h4-5,15H,1-3H3,(H6,21,22,23,24,25,26). The minimum atomic E-state index is -0.511. The number of nitriles is 2. The van der Waals surface area contributed by atoms with Gasteiger partial charge < -0.3 is 16.8 Å². The molecule has 2 heterocycles. The molecule has 0 aliphatic carbocycles. The summed E-state index contributed by atoms with van der Waals surface area (Å²) in [7, 11) is 0. The van der Waals surface area contributed by atoms with Crippen molar-refractivity contribution >= 4 is 23.3 Å². The Hall–Kier alpha value is -3.78. The molecule has 1 unspecified atom stereocenters. The molecule has 8 nitrogen and oxygen atoms in total. The van der Waals surface area contributed by atoms with E-state index in [0.29, 0.717) is 11.4 Å². The number of aliphatic imine (C=N–C) groups is 1. The topological polar surface area (TPSA) is 149 Å². The summed E-state index contributed by atoms with van der Waals surface area (Å²) in [4.78, 5) is 8.87. The molecule has 8 heteroatoms. The molecule has 1 aromatic carbocycles. The van der Waals surface area contributed by atoms with E-state index in [9.17, 15) is 5.26 Å². The maximum absolute atomic E-state index is 9.38. The highest BCUT2D eigenvalue weighted by Gasteiger charge is 2.31. The quantitative estimate of drug-likeness (QED) is 0.455. The number of anilines is 3. The van der Waals surface area contributed by atoms with Crippen LogP contribution in [0, 0.1) is 43.6 Å². The molecule has 0 bridgehead atoms. The molecular formula is C18H18N8. The van der Waals surface area contributed by atoms with Crippen LogP contribution in [0.1, 0.15) is 39.4 Å². The molecule has 1 aliphatic heterocycles. The van der Waals surface area contributed by atoms with Gasteiger partial charge in [-0.25, -0.2) is 9.98 Å². The number of guanidine groups is 1. The smallest absolute Gasteiger partial charge is 0.211 e. The summed E-state index contributed by atoms with van der Waals surface area (Å²) in [6, 6.07) is 5.61. The van der Waals surface area contributed by atoms with Gasteiger partial charge in [-0.15, -0.1) is 0 Å². The molecule has 0 spiro atoms. The predicted octanol–water partition coefficient (Wildman–Crippen LogP) is 1.98. The van der Waals surface area contributed by atoms with Gasteiger partial charge in [0.25, 0.3) is 0 Å². The van der Waals surface area contributed by atoms with E-state index in [0.717, 1.165) is 22.3 Å². The minimum Gasteiger partial charge on any atom is -0.397 e. The Morgan fingerprint density at radius 2 is 1.77 bits per heavy atom. The number of hydrogen-bond donors (Lipinski definition) is 4. The van der Waals surface area contributed by atoms with Gasteiger partial charge in [-0.2, -0.15) is 10.5 Å². The third kappa shape index (κ3) is 2.64. The Bertz CT molecular complexity index is 1000. The summed E-state index contributed by atoms with van der Waals surface area (Å²) in [5, 5.41) is 23.8. The number of nitrogens with one attached hydrogen (secondary N) is 2. The van der Waals surface area contributed by atoms with Gasteiger partial charge >= 0.3 is 0 Å². The molecule has 0 fully saturated rings. The zero-order valence-corrected chi connectivity index (χ0v) is 14.7. The lowest BCUT2D eigenvalue weighted by Crippen LogP contribution is -2.33. The summed E-state index contributed by atoms with van der Waals surface area (Å²) >= 11 is 0. The fourth-order valence-corrected chi connectivity index (χ4v) is 3.41. The Morgan fingerprint density at radius 3 is 2.35 bits per heavy atom. The fraction of sp³-hybridized carbons (Fsp3) is 0.222. The molecule has 2 aromatic rings. The van der Waals surface area contributed by atoms with Crippen molar-refractivity contribution < 1.29 is 0 Å².